The van der Waals surface area contributed by atoms with Gasteiger partial charge < -0.3 is 26.4 Å². The maximum atomic E-state index is 11.6. The zero-order valence-electron chi connectivity index (χ0n) is 12.7. The first-order valence-electron chi connectivity index (χ1n) is 6.76. The highest BCUT2D eigenvalue weighted by Gasteiger charge is 2.12. The van der Waals surface area contributed by atoms with Crippen molar-refractivity contribution in [2.45, 2.75) is 39.8 Å². The molecular formula is C14H22N4O3. The van der Waals surface area contributed by atoms with E-state index < -0.39 is 12.1 Å². The van der Waals surface area contributed by atoms with Crippen LogP contribution in [0.4, 0.5) is 21.0 Å². The number of para-hydroxylation sites is 1. The van der Waals surface area contributed by atoms with Crippen molar-refractivity contribution in [3.63, 3.8) is 0 Å². The van der Waals surface area contributed by atoms with Crippen LogP contribution in [0, 0.1) is 0 Å². The van der Waals surface area contributed by atoms with Crippen LogP contribution in [0.1, 0.15) is 27.7 Å². The van der Waals surface area contributed by atoms with Gasteiger partial charge >= 0.3 is 12.1 Å². The molecule has 5 N–H and O–H groups in total. The van der Waals surface area contributed by atoms with E-state index in [1.165, 1.54) is 0 Å². The summed E-state index contributed by atoms with van der Waals surface area (Å²) in [4.78, 5) is 23.2. The lowest BCUT2D eigenvalue weighted by Crippen LogP contribution is -2.34. The topological polar surface area (TPSA) is 102 Å². The lowest BCUT2D eigenvalue weighted by atomic mass is 10.2. The van der Waals surface area contributed by atoms with Gasteiger partial charge in [0.15, 0.2) is 5.75 Å². The molecule has 0 fully saturated rings. The Balaban J connectivity index is 2.78. The molecule has 1 aromatic rings. The number of carbonyl (C=O) groups excluding carboxylic acids is 2. The number of urea groups is 2. The van der Waals surface area contributed by atoms with Crippen molar-refractivity contribution < 1.29 is 14.7 Å². The van der Waals surface area contributed by atoms with Crippen LogP contribution in [0.25, 0.3) is 0 Å². The summed E-state index contributed by atoms with van der Waals surface area (Å²) in [5.41, 5.74) is 0.436. The summed E-state index contributed by atoms with van der Waals surface area (Å²) in [6.45, 7) is 7.31. The summed E-state index contributed by atoms with van der Waals surface area (Å²) < 4.78 is 0. The molecule has 0 saturated heterocycles. The van der Waals surface area contributed by atoms with Gasteiger partial charge in [0.05, 0.1) is 11.4 Å². The number of phenolic OH excluding ortho intramolecular Hbond substituents is 1. The smallest absolute Gasteiger partial charge is 0.319 e. The fraction of sp³-hybridized carbons (Fsp3) is 0.429. The van der Waals surface area contributed by atoms with Crippen molar-refractivity contribution in [1.82, 2.24) is 10.6 Å². The molecule has 7 heteroatoms. The van der Waals surface area contributed by atoms with E-state index in [1.807, 2.05) is 27.7 Å². The van der Waals surface area contributed by atoms with Crippen molar-refractivity contribution >= 4 is 23.4 Å². The minimum atomic E-state index is -0.427. The van der Waals surface area contributed by atoms with Gasteiger partial charge in [-0.1, -0.05) is 6.07 Å². The summed E-state index contributed by atoms with van der Waals surface area (Å²) in [6, 6.07) is 3.81. The number of hydrogen-bond acceptors (Lipinski definition) is 3. The highest BCUT2D eigenvalue weighted by Crippen LogP contribution is 2.31. The maximum Gasteiger partial charge on any atom is 0.319 e. The van der Waals surface area contributed by atoms with E-state index in [4.69, 9.17) is 0 Å². The van der Waals surface area contributed by atoms with Crippen LogP contribution in [0.3, 0.4) is 0 Å². The lowest BCUT2D eigenvalue weighted by molar-refractivity contribution is 0.249. The molecule has 0 spiro atoms. The fourth-order valence-electron chi connectivity index (χ4n) is 1.59. The molecule has 0 heterocycles. The summed E-state index contributed by atoms with van der Waals surface area (Å²) in [7, 11) is 0. The van der Waals surface area contributed by atoms with Crippen LogP contribution >= 0.6 is 0 Å². The largest absolute Gasteiger partial charge is 0.504 e. The first kappa shape index (κ1) is 16.6. The normalized spacial score (nSPS) is 10.4. The lowest BCUT2D eigenvalue weighted by Gasteiger charge is -2.14. The monoisotopic (exact) mass is 294 g/mol. The Morgan fingerprint density at radius 1 is 0.905 bits per heavy atom. The van der Waals surface area contributed by atoms with Crippen molar-refractivity contribution in [2.75, 3.05) is 10.6 Å². The number of carbonyl (C=O) groups is 2. The van der Waals surface area contributed by atoms with Gasteiger partial charge in [0.2, 0.25) is 0 Å². The zero-order chi connectivity index (χ0) is 16.0. The van der Waals surface area contributed by atoms with Gasteiger partial charge in [-0.15, -0.1) is 0 Å². The Labute approximate surface area is 124 Å². The Morgan fingerprint density at radius 3 is 1.62 bits per heavy atom. The predicted octanol–water partition coefficient (Wildman–Crippen LogP) is 2.45. The van der Waals surface area contributed by atoms with Gasteiger partial charge in [-0.3, -0.25) is 0 Å². The number of anilines is 2. The number of aromatic hydroxyl groups is 1. The number of hydrogen-bond donors (Lipinski definition) is 5. The number of nitrogens with one attached hydrogen (secondary N) is 4. The molecule has 0 radical (unpaired) electrons. The highest BCUT2D eigenvalue weighted by molar-refractivity contribution is 5.96. The van der Waals surface area contributed by atoms with Crippen LogP contribution < -0.4 is 21.3 Å². The molecular weight excluding hydrogens is 272 g/mol. The van der Waals surface area contributed by atoms with Crippen LogP contribution in [0.15, 0.2) is 18.2 Å². The van der Waals surface area contributed by atoms with Crippen molar-refractivity contribution in [2.24, 2.45) is 0 Å². The average Bonchev–Trinajstić information content (AvgIpc) is 2.32. The van der Waals surface area contributed by atoms with E-state index >= 15 is 0 Å². The summed E-state index contributed by atoms with van der Waals surface area (Å²) in [6.07, 6.45) is 0. The van der Waals surface area contributed by atoms with Crippen molar-refractivity contribution in [1.29, 1.82) is 0 Å². The Morgan fingerprint density at radius 2 is 1.29 bits per heavy atom. The standard InChI is InChI=1S/C14H22N4O3/c1-8(2)15-13(20)17-10-6-5-7-11(12(10)19)18-14(21)16-9(3)4/h5-9,19H,1-4H3,(H2,15,17,20)(H2,16,18,21). The summed E-state index contributed by atoms with van der Waals surface area (Å²) >= 11 is 0. The second-order valence-corrected chi connectivity index (χ2v) is 5.21. The molecule has 0 aliphatic heterocycles. The molecule has 4 amide bonds. The average molecular weight is 294 g/mol. The van der Waals surface area contributed by atoms with Crippen LogP contribution in [-0.2, 0) is 0 Å². The van der Waals surface area contributed by atoms with E-state index in [0.29, 0.717) is 0 Å². The van der Waals surface area contributed by atoms with Gasteiger partial charge in [0.1, 0.15) is 0 Å². The first-order chi connectivity index (χ1) is 9.79. The quantitative estimate of drug-likeness (QED) is 0.551. The molecule has 0 bridgehead atoms. The highest BCUT2D eigenvalue weighted by atomic mass is 16.3. The minimum Gasteiger partial charge on any atom is -0.504 e. The number of rotatable bonds is 4. The third-order valence-electron chi connectivity index (χ3n) is 2.37. The molecule has 0 aliphatic carbocycles. The maximum absolute atomic E-state index is 11.6. The molecule has 21 heavy (non-hydrogen) atoms. The Kier molecular flexibility index (Phi) is 5.83. The SMILES string of the molecule is CC(C)NC(=O)Nc1cccc(NC(=O)NC(C)C)c1O. The Bertz CT molecular complexity index is 473. The molecule has 0 saturated carbocycles. The van der Waals surface area contributed by atoms with Crippen LogP contribution in [0.5, 0.6) is 5.75 Å². The van der Waals surface area contributed by atoms with E-state index in [2.05, 4.69) is 21.3 Å². The second kappa shape index (κ2) is 7.37. The molecule has 7 nitrogen and oxygen atoms in total. The van der Waals surface area contributed by atoms with Gasteiger partial charge in [-0.2, -0.15) is 0 Å². The number of benzene rings is 1. The predicted molar refractivity (Wildman–Crippen MR) is 82.7 cm³/mol. The van der Waals surface area contributed by atoms with Gasteiger partial charge in [-0.05, 0) is 39.8 Å². The van der Waals surface area contributed by atoms with Gasteiger partial charge in [0.25, 0.3) is 0 Å². The van der Waals surface area contributed by atoms with E-state index in [9.17, 15) is 14.7 Å². The van der Waals surface area contributed by atoms with Gasteiger partial charge in [-0.25, -0.2) is 9.59 Å². The summed E-state index contributed by atoms with van der Waals surface area (Å²) in [5, 5.41) is 20.4. The second-order valence-electron chi connectivity index (χ2n) is 5.21. The van der Waals surface area contributed by atoms with Crippen LogP contribution in [-0.4, -0.2) is 29.3 Å². The Hall–Kier alpha value is -2.44. The molecule has 0 aromatic heterocycles. The van der Waals surface area contributed by atoms with Crippen molar-refractivity contribution in [3.05, 3.63) is 18.2 Å². The fourth-order valence-corrected chi connectivity index (χ4v) is 1.59. The molecule has 0 atom stereocenters. The van der Waals surface area contributed by atoms with Crippen molar-refractivity contribution in [3.8, 4) is 5.75 Å². The molecule has 0 unspecified atom stereocenters. The summed E-state index contributed by atoms with van der Waals surface area (Å²) in [5.74, 6) is -0.199. The zero-order valence-corrected chi connectivity index (χ0v) is 12.7. The van der Waals surface area contributed by atoms with E-state index in [0.717, 1.165) is 0 Å². The van der Waals surface area contributed by atoms with Gasteiger partial charge in [0, 0.05) is 12.1 Å². The molecule has 116 valence electrons. The molecule has 0 aliphatic rings. The number of phenols is 1. The van der Waals surface area contributed by atoms with Crippen LogP contribution in [0.2, 0.25) is 0 Å². The molecule has 1 aromatic carbocycles. The third kappa shape index (κ3) is 5.60. The third-order valence-corrected chi connectivity index (χ3v) is 2.37. The first-order valence-corrected chi connectivity index (χ1v) is 6.76. The minimum absolute atomic E-state index is 0.0229. The van der Waals surface area contributed by atoms with E-state index in [1.54, 1.807) is 18.2 Å². The van der Waals surface area contributed by atoms with E-state index in [-0.39, 0.29) is 29.2 Å². The number of amides is 4. The molecule has 1 rings (SSSR count).